The van der Waals surface area contributed by atoms with E-state index in [9.17, 15) is 5.11 Å². The molecule has 0 aliphatic heterocycles. The van der Waals surface area contributed by atoms with Crippen LogP contribution in [0.3, 0.4) is 0 Å². The average Bonchev–Trinajstić information content (AvgIpc) is 2.43. The SMILES string of the molecule is CCC(C)N(CC)CC(O)c1ccccc1OC. The van der Waals surface area contributed by atoms with E-state index in [1.165, 1.54) is 0 Å². The van der Waals surface area contributed by atoms with Crippen LogP contribution in [0.1, 0.15) is 38.9 Å². The number of rotatable bonds is 7. The number of methoxy groups -OCH3 is 1. The summed E-state index contributed by atoms with van der Waals surface area (Å²) in [6.07, 6.45) is 0.585. The second kappa shape index (κ2) is 7.39. The second-order valence-electron chi connectivity index (χ2n) is 4.60. The van der Waals surface area contributed by atoms with Crippen LogP contribution in [0.5, 0.6) is 5.75 Å². The molecule has 0 amide bonds. The van der Waals surface area contributed by atoms with Gasteiger partial charge in [-0.05, 0) is 26.0 Å². The highest BCUT2D eigenvalue weighted by Crippen LogP contribution is 2.25. The number of ether oxygens (including phenoxy) is 1. The van der Waals surface area contributed by atoms with Crippen LogP contribution in [0.25, 0.3) is 0 Å². The highest BCUT2D eigenvalue weighted by atomic mass is 16.5. The largest absolute Gasteiger partial charge is 0.496 e. The number of hydrogen-bond acceptors (Lipinski definition) is 3. The molecule has 0 spiro atoms. The monoisotopic (exact) mass is 251 g/mol. The lowest BCUT2D eigenvalue weighted by atomic mass is 10.1. The third-order valence-electron chi connectivity index (χ3n) is 3.53. The van der Waals surface area contributed by atoms with Crippen molar-refractivity contribution in [3.8, 4) is 5.75 Å². The topological polar surface area (TPSA) is 32.7 Å². The summed E-state index contributed by atoms with van der Waals surface area (Å²) in [5.41, 5.74) is 0.863. The van der Waals surface area contributed by atoms with Crippen molar-refractivity contribution >= 4 is 0 Å². The smallest absolute Gasteiger partial charge is 0.124 e. The summed E-state index contributed by atoms with van der Waals surface area (Å²) in [5, 5.41) is 10.4. The molecule has 0 aliphatic carbocycles. The van der Waals surface area contributed by atoms with Crippen LogP contribution >= 0.6 is 0 Å². The summed E-state index contributed by atoms with van der Waals surface area (Å²) in [5.74, 6) is 0.755. The zero-order chi connectivity index (χ0) is 13.5. The molecule has 1 rings (SSSR count). The normalized spacial score (nSPS) is 14.6. The van der Waals surface area contributed by atoms with Crippen molar-refractivity contribution in [1.29, 1.82) is 0 Å². The Morgan fingerprint density at radius 1 is 1.28 bits per heavy atom. The maximum Gasteiger partial charge on any atom is 0.124 e. The first-order valence-electron chi connectivity index (χ1n) is 6.69. The van der Waals surface area contributed by atoms with Crippen molar-refractivity contribution in [2.45, 2.75) is 39.3 Å². The first kappa shape index (κ1) is 15.0. The van der Waals surface area contributed by atoms with Crippen LogP contribution in [0.2, 0.25) is 0 Å². The lowest BCUT2D eigenvalue weighted by Gasteiger charge is -2.29. The molecule has 102 valence electrons. The van der Waals surface area contributed by atoms with E-state index in [0.717, 1.165) is 24.3 Å². The molecule has 0 fully saturated rings. The van der Waals surface area contributed by atoms with Crippen LogP contribution in [-0.2, 0) is 0 Å². The lowest BCUT2D eigenvalue weighted by Crippen LogP contribution is -2.36. The molecule has 2 unspecified atom stereocenters. The van der Waals surface area contributed by atoms with Gasteiger partial charge in [-0.2, -0.15) is 0 Å². The average molecular weight is 251 g/mol. The van der Waals surface area contributed by atoms with Gasteiger partial charge in [0.15, 0.2) is 0 Å². The van der Waals surface area contributed by atoms with E-state index in [-0.39, 0.29) is 0 Å². The van der Waals surface area contributed by atoms with E-state index >= 15 is 0 Å². The molecule has 0 bridgehead atoms. The Balaban J connectivity index is 2.77. The maximum atomic E-state index is 10.4. The number of hydrogen-bond donors (Lipinski definition) is 1. The lowest BCUT2D eigenvalue weighted by molar-refractivity contribution is 0.0916. The number of aliphatic hydroxyl groups is 1. The number of para-hydroxylation sites is 1. The molecule has 0 heterocycles. The quantitative estimate of drug-likeness (QED) is 0.809. The minimum Gasteiger partial charge on any atom is -0.496 e. The number of nitrogens with zero attached hydrogens (tertiary/aromatic N) is 1. The fourth-order valence-electron chi connectivity index (χ4n) is 2.14. The van der Waals surface area contributed by atoms with Gasteiger partial charge in [-0.1, -0.05) is 32.0 Å². The predicted octanol–water partition coefficient (Wildman–Crippen LogP) is 2.85. The number of likely N-dealkylation sites (N-methyl/N-ethyl adjacent to an activating group) is 1. The number of aliphatic hydroxyl groups excluding tert-OH is 1. The van der Waals surface area contributed by atoms with E-state index in [1.54, 1.807) is 7.11 Å². The van der Waals surface area contributed by atoms with Crippen molar-refractivity contribution in [1.82, 2.24) is 4.90 Å². The predicted molar refractivity (Wildman–Crippen MR) is 75.0 cm³/mol. The highest BCUT2D eigenvalue weighted by molar-refractivity contribution is 5.35. The first-order chi connectivity index (χ1) is 8.63. The fourth-order valence-corrected chi connectivity index (χ4v) is 2.14. The minimum atomic E-state index is -0.505. The first-order valence-corrected chi connectivity index (χ1v) is 6.69. The molecule has 1 N–H and O–H groups in total. The van der Waals surface area contributed by atoms with Crippen LogP contribution < -0.4 is 4.74 Å². The van der Waals surface area contributed by atoms with Crippen molar-refractivity contribution in [2.24, 2.45) is 0 Å². The van der Waals surface area contributed by atoms with Gasteiger partial charge in [0.2, 0.25) is 0 Å². The summed E-state index contributed by atoms with van der Waals surface area (Å²) in [7, 11) is 1.64. The molecule has 3 nitrogen and oxygen atoms in total. The van der Waals surface area contributed by atoms with E-state index < -0.39 is 6.10 Å². The minimum absolute atomic E-state index is 0.486. The summed E-state index contributed by atoms with van der Waals surface area (Å²) in [6, 6.07) is 8.15. The van der Waals surface area contributed by atoms with E-state index in [0.29, 0.717) is 12.6 Å². The molecule has 0 aliphatic rings. The Hall–Kier alpha value is -1.06. The van der Waals surface area contributed by atoms with Crippen molar-refractivity contribution in [3.05, 3.63) is 29.8 Å². The molecular weight excluding hydrogens is 226 g/mol. The van der Waals surface area contributed by atoms with Gasteiger partial charge in [0.05, 0.1) is 13.2 Å². The van der Waals surface area contributed by atoms with Crippen molar-refractivity contribution < 1.29 is 9.84 Å². The Morgan fingerprint density at radius 3 is 2.50 bits per heavy atom. The Morgan fingerprint density at radius 2 is 1.94 bits per heavy atom. The van der Waals surface area contributed by atoms with E-state index in [2.05, 4.69) is 25.7 Å². The Kier molecular flexibility index (Phi) is 6.16. The molecule has 0 aromatic heterocycles. The second-order valence-corrected chi connectivity index (χ2v) is 4.60. The zero-order valence-corrected chi connectivity index (χ0v) is 11.9. The van der Waals surface area contributed by atoms with Crippen molar-refractivity contribution in [2.75, 3.05) is 20.2 Å². The molecule has 18 heavy (non-hydrogen) atoms. The van der Waals surface area contributed by atoms with Gasteiger partial charge in [-0.25, -0.2) is 0 Å². The molecule has 1 aromatic rings. The van der Waals surface area contributed by atoms with Gasteiger partial charge < -0.3 is 9.84 Å². The van der Waals surface area contributed by atoms with Crippen LogP contribution in [0, 0.1) is 0 Å². The zero-order valence-electron chi connectivity index (χ0n) is 11.9. The van der Waals surface area contributed by atoms with Gasteiger partial charge in [0.25, 0.3) is 0 Å². The summed E-state index contributed by atoms with van der Waals surface area (Å²) in [6.45, 7) is 8.08. The standard InChI is InChI=1S/C15H25NO2/c1-5-12(3)16(6-2)11-14(17)13-9-7-8-10-15(13)18-4/h7-10,12,14,17H,5-6,11H2,1-4H3. The Bertz CT molecular complexity index is 354. The molecule has 0 radical (unpaired) electrons. The Labute approximate surface area is 110 Å². The fraction of sp³-hybridized carbons (Fsp3) is 0.600. The van der Waals surface area contributed by atoms with E-state index in [4.69, 9.17) is 4.74 Å². The van der Waals surface area contributed by atoms with Crippen LogP contribution in [0.15, 0.2) is 24.3 Å². The van der Waals surface area contributed by atoms with Gasteiger partial charge in [-0.3, -0.25) is 4.90 Å². The maximum absolute atomic E-state index is 10.4. The van der Waals surface area contributed by atoms with Crippen molar-refractivity contribution in [3.63, 3.8) is 0 Å². The molecule has 2 atom stereocenters. The number of benzene rings is 1. The molecule has 0 saturated heterocycles. The van der Waals surface area contributed by atoms with Crippen LogP contribution in [-0.4, -0.2) is 36.2 Å². The van der Waals surface area contributed by atoms with E-state index in [1.807, 2.05) is 24.3 Å². The molecule has 3 heteroatoms. The third kappa shape index (κ3) is 3.72. The third-order valence-corrected chi connectivity index (χ3v) is 3.53. The van der Waals surface area contributed by atoms with Gasteiger partial charge in [0.1, 0.15) is 5.75 Å². The summed E-state index contributed by atoms with van der Waals surface area (Å²) in [4.78, 5) is 2.29. The van der Waals surface area contributed by atoms with Crippen LogP contribution in [0.4, 0.5) is 0 Å². The molecule has 0 saturated carbocycles. The summed E-state index contributed by atoms with van der Waals surface area (Å²) >= 11 is 0. The van der Waals surface area contributed by atoms with Gasteiger partial charge >= 0.3 is 0 Å². The molecular formula is C15H25NO2. The highest BCUT2D eigenvalue weighted by Gasteiger charge is 2.18. The summed E-state index contributed by atoms with van der Waals surface area (Å²) < 4.78 is 5.29. The van der Waals surface area contributed by atoms with Gasteiger partial charge in [0, 0.05) is 18.2 Å². The van der Waals surface area contributed by atoms with Gasteiger partial charge in [-0.15, -0.1) is 0 Å². The molecule has 1 aromatic carbocycles.